The van der Waals surface area contributed by atoms with Crippen LogP contribution in [0, 0.1) is 25.2 Å². The van der Waals surface area contributed by atoms with Crippen molar-refractivity contribution in [1.82, 2.24) is 24.6 Å². The molecular formula is C20H29N5O. The zero-order valence-corrected chi connectivity index (χ0v) is 16.7. The third-order valence-corrected chi connectivity index (χ3v) is 5.16. The summed E-state index contributed by atoms with van der Waals surface area (Å²) in [5.41, 5.74) is 4.68. The zero-order chi connectivity index (χ0) is 19.1. The number of nitrogens with zero attached hydrogens (tertiary/aromatic N) is 5. The van der Waals surface area contributed by atoms with Crippen molar-refractivity contribution < 1.29 is 4.79 Å². The first-order chi connectivity index (χ1) is 12.2. The van der Waals surface area contributed by atoms with Gasteiger partial charge in [0.2, 0.25) is 5.91 Å². The highest BCUT2D eigenvalue weighted by molar-refractivity contribution is 5.81. The Morgan fingerprint density at radius 2 is 2.00 bits per heavy atom. The standard InChI is InChI=1S/C20H29N5O/c1-13-18(14(2)24(6)23-13)17-11-21-10-16(22-17)9-15-7-8-25(12-15)19(26)20(3,4)5/h10-11,15H,7-9,12H2,1-6H3. The van der Waals surface area contributed by atoms with Gasteiger partial charge >= 0.3 is 0 Å². The Morgan fingerprint density at radius 3 is 2.62 bits per heavy atom. The number of aromatic nitrogens is 4. The second-order valence-electron chi connectivity index (χ2n) is 8.43. The highest BCUT2D eigenvalue weighted by atomic mass is 16.2. The SMILES string of the molecule is Cc1nn(C)c(C)c1-c1cncc(CC2CCN(C(=O)C(C)(C)C)C2)n1. The summed E-state index contributed by atoms with van der Waals surface area (Å²) in [6.45, 7) is 11.7. The highest BCUT2D eigenvalue weighted by Gasteiger charge is 2.33. The first-order valence-electron chi connectivity index (χ1n) is 9.27. The van der Waals surface area contributed by atoms with Crippen LogP contribution in [-0.4, -0.2) is 43.6 Å². The molecule has 1 fully saturated rings. The molecule has 0 bridgehead atoms. The minimum Gasteiger partial charge on any atom is -0.342 e. The molecule has 1 amide bonds. The molecule has 3 heterocycles. The average Bonchev–Trinajstić information content (AvgIpc) is 3.11. The molecule has 0 saturated carbocycles. The van der Waals surface area contributed by atoms with Crippen molar-refractivity contribution in [3.05, 3.63) is 29.5 Å². The third-order valence-electron chi connectivity index (χ3n) is 5.16. The van der Waals surface area contributed by atoms with Crippen molar-refractivity contribution in [1.29, 1.82) is 0 Å². The van der Waals surface area contributed by atoms with Gasteiger partial charge in [-0.05, 0) is 32.6 Å². The summed E-state index contributed by atoms with van der Waals surface area (Å²) >= 11 is 0. The number of rotatable bonds is 3. The monoisotopic (exact) mass is 355 g/mol. The number of hydrogen-bond donors (Lipinski definition) is 0. The van der Waals surface area contributed by atoms with E-state index in [2.05, 4.69) is 17.0 Å². The quantitative estimate of drug-likeness (QED) is 0.849. The molecule has 26 heavy (non-hydrogen) atoms. The van der Waals surface area contributed by atoms with Gasteiger partial charge in [-0.3, -0.25) is 14.5 Å². The smallest absolute Gasteiger partial charge is 0.227 e. The maximum Gasteiger partial charge on any atom is 0.227 e. The van der Waals surface area contributed by atoms with Gasteiger partial charge in [0.05, 0.1) is 23.3 Å². The van der Waals surface area contributed by atoms with Crippen LogP contribution >= 0.6 is 0 Å². The van der Waals surface area contributed by atoms with Crippen molar-refractivity contribution in [2.24, 2.45) is 18.4 Å². The van der Waals surface area contributed by atoms with E-state index in [9.17, 15) is 4.79 Å². The predicted molar refractivity (Wildman–Crippen MR) is 102 cm³/mol. The van der Waals surface area contributed by atoms with E-state index in [1.807, 2.05) is 56.7 Å². The van der Waals surface area contributed by atoms with E-state index in [1.54, 1.807) is 0 Å². The van der Waals surface area contributed by atoms with Crippen LogP contribution in [0.15, 0.2) is 12.4 Å². The van der Waals surface area contributed by atoms with Crippen LogP contribution in [0.4, 0.5) is 0 Å². The van der Waals surface area contributed by atoms with Gasteiger partial charge in [0.25, 0.3) is 0 Å². The molecule has 6 nitrogen and oxygen atoms in total. The van der Waals surface area contributed by atoms with Gasteiger partial charge in [0, 0.05) is 43.0 Å². The van der Waals surface area contributed by atoms with Gasteiger partial charge in [0.15, 0.2) is 0 Å². The summed E-state index contributed by atoms with van der Waals surface area (Å²) in [5.74, 6) is 0.684. The number of hydrogen-bond acceptors (Lipinski definition) is 4. The number of amides is 1. The molecule has 1 atom stereocenters. The molecule has 1 aliphatic heterocycles. The minimum absolute atomic E-state index is 0.237. The molecule has 0 spiro atoms. The van der Waals surface area contributed by atoms with Crippen LogP contribution < -0.4 is 0 Å². The van der Waals surface area contributed by atoms with E-state index in [0.717, 1.165) is 54.3 Å². The van der Waals surface area contributed by atoms with Gasteiger partial charge in [-0.15, -0.1) is 0 Å². The fraction of sp³-hybridized carbons (Fsp3) is 0.600. The Hall–Kier alpha value is -2.24. The lowest BCUT2D eigenvalue weighted by Crippen LogP contribution is -2.38. The predicted octanol–water partition coefficient (Wildman–Crippen LogP) is 2.93. The molecule has 1 saturated heterocycles. The lowest BCUT2D eigenvalue weighted by molar-refractivity contribution is -0.138. The van der Waals surface area contributed by atoms with Crippen molar-refractivity contribution in [2.75, 3.05) is 13.1 Å². The lowest BCUT2D eigenvalue weighted by Gasteiger charge is -2.25. The van der Waals surface area contributed by atoms with Crippen molar-refractivity contribution >= 4 is 5.91 Å². The second kappa shape index (κ2) is 6.82. The van der Waals surface area contributed by atoms with Crippen molar-refractivity contribution in [3.63, 3.8) is 0 Å². The van der Waals surface area contributed by atoms with Crippen LogP contribution in [0.5, 0.6) is 0 Å². The van der Waals surface area contributed by atoms with Gasteiger partial charge in [-0.1, -0.05) is 20.8 Å². The molecular weight excluding hydrogens is 326 g/mol. The molecule has 0 radical (unpaired) electrons. The summed E-state index contributed by atoms with van der Waals surface area (Å²) in [5, 5.41) is 4.48. The number of carbonyl (C=O) groups is 1. The lowest BCUT2D eigenvalue weighted by atomic mass is 9.95. The van der Waals surface area contributed by atoms with Crippen LogP contribution in [0.2, 0.25) is 0 Å². The van der Waals surface area contributed by atoms with E-state index in [4.69, 9.17) is 4.98 Å². The molecule has 0 N–H and O–H groups in total. The van der Waals surface area contributed by atoms with Gasteiger partial charge in [-0.25, -0.2) is 4.98 Å². The number of carbonyl (C=O) groups excluding carboxylic acids is 1. The molecule has 1 aliphatic rings. The van der Waals surface area contributed by atoms with Crippen LogP contribution in [0.25, 0.3) is 11.3 Å². The summed E-state index contributed by atoms with van der Waals surface area (Å²) in [6, 6.07) is 0. The maximum absolute atomic E-state index is 12.5. The third kappa shape index (κ3) is 3.64. The Bertz CT molecular complexity index is 818. The molecule has 6 heteroatoms. The molecule has 140 valence electrons. The molecule has 0 aromatic carbocycles. The first-order valence-corrected chi connectivity index (χ1v) is 9.27. The summed E-state index contributed by atoms with van der Waals surface area (Å²) < 4.78 is 1.88. The van der Waals surface area contributed by atoms with Crippen LogP contribution in [0.1, 0.15) is 44.3 Å². The minimum atomic E-state index is -0.316. The Kier molecular flexibility index (Phi) is 4.86. The van der Waals surface area contributed by atoms with Crippen LogP contribution in [-0.2, 0) is 18.3 Å². The molecule has 3 rings (SSSR count). The molecule has 2 aromatic rings. The molecule has 1 unspecified atom stereocenters. The second-order valence-corrected chi connectivity index (χ2v) is 8.43. The molecule has 2 aromatic heterocycles. The van der Waals surface area contributed by atoms with E-state index in [-0.39, 0.29) is 11.3 Å². The van der Waals surface area contributed by atoms with Gasteiger partial charge in [-0.2, -0.15) is 5.10 Å². The summed E-state index contributed by atoms with van der Waals surface area (Å²) in [6.07, 6.45) is 5.54. The number of likely N-dealkylation sites (tertiary alicyclic amines) is 1. The maximum atomic E-state index is 12.5. The normalized spacial score (nSPS) is 17.8. The number of aryl methyl sites for hydroxylation is 2. The van der Waals surface area contributed by atoms with Gasteiger partial charge < -0.3 is 4.90 Å². The van der Waals surface area contributed by atoms with Crippen molar-refractivity contribution in [3.8, 4) is 11.3 Å². The summed E-state index contributed by atoms with van der Waals surface area (Å²) in [4.78, 5) is 23.7. The van der Waals surface area contributed by atoms with Crippen molar-refractivity contribution in [2.45, 2.75) is 47.5 Å². The first kappa shape index (κ1) is 18.5. The van der Waals surface area contributed by atoms with E-state index < -0.39 is 0 Å². The average molecular weight is 355 g/mol. The van der Waals surface area contributed by atoms with E-state index in [0.29, 0.717) is 5.92 Å². The Morgan fingerprint density at radius 1 is 1.27 bits per heavy atom. The Labute approximate surface area is 155 Å². The van der Waals surface area contributed by atoms with Gasteiger partial charge in [0.1, 0.15) is 0 Å². The fourth-order valence-electron chi connectivity index (χ4n) is 3.72. The van der Waals surface area contributed by atoms with Crippen LogP contribution in [0.3, 0.4) is 0 Å². The molecule has 0 aliphatic carbocycles. The Balaban J connectivity index is 1.73. The topological polar surface area (TPSA) is 63.9 Å². The zero-order valence-electron chi connectivity index (χ0n) is 16.7. The largest absolute Gasteiger partial charge is 0.342 e. The summed E-state index contributed by atoms with van der Waals surface area (Å²) in [7, 11) is 1.95. The van der Waals surface area contributed by atoms with E-state index >= 15 is 0 Å². The van der Waals surface area contributed by atoms with E-state index in [1.165, 1.54) is 0 Å². The highest BCUT2D eigenvalue weighted by Crippen LogP contribution is 2.27. The fourth-order valence-corrected chi connectivity index (χ4v) is 3.72.